The van der Waals surface area contributed by atoms with Gasteiger partial charge in [0, 0.05) is 5.69 Å². The largest absolute Gasteiger partial charge is 0.356 e. The van der Waals surface area contributed by atoms with Crippen LogP contribution in [0.2, 0.25) is 0 Å². The van der Waals surface area contributed by atoms with E-state index < -0.39 is 0 Å². The van der Waals surface area contributed by atoms with Crippen LogP contribution in [0.5, 0.6) is 0 Å². The molecule has 0 heterocycles. The van der Waals surface area contributed by atoms with Crippen molar-refractivity contribution in [2.75, 3.05) is 5.32 Å². The van der Waals surface area contributed by atoms with Gasteiger partial charge in [-0.1, -0.05) is 57.2 Å². The van der Waals surface area contributed by atoms with Crippen LogP contribution in [-0.4, -0.2) is 5.11 Å². The molecule has 0 fully saturated rings. The number of benzene rings is 2. The van der Waals surface area contributed by atoms with Gasteiger partial charge < -0.3 is 10.6 Å². The molecule has 128 valence electrons. The number of nitrogens with one attached hydrogen (secondary N) is 2. The monoisotopic (exact) mass is 340 g/mol. The number of hydrogen-bond donors (Lipinski definition) is 2. The summed E-state index contributed by atoms with van der Waals surface area (Å²) in [6.07, 6.45) is 0. The van der Waals surface area contributed by atoms with Gasteiger partial charge in [-0.2, -0.15) is 0 Å². The molecule has 3 heteroatoms. The second-order valence-electron chi connectivity index (χ2n) is 7.51. The summed E-state index contributed by atoms with van der Waals surface area (Å²) in [5, 5.41) is 7.33. The first-order chi connectivity index (χ1) is 11.2. The van der Waals surface area contributed by atoms with Crippen molar-refractivity contribution in [3.8, 4) is 0 Å². The highest BCUT2D eigenvalue weighted by atomic mass is 32.1. The van der Waals surface area contributed by atoms with Gasteiger partial charge in [-0.3, -0.25) is 0 Å². The molecule has 0 amide bonds. The summed E-state index contributed by atoms with van der Waals surface area (Å²) in [5.74, 6) is 0. The lowest BCUT2D eigenvalue weighted by Crippen LogP contribution is -2.31. The zero-order valence-corrected chi connectivity index (χ0v) is 16.3. The third-order valence-corrected chi connectivity index (χ3v) is 4.49. The maximum atomic E-state index is 5.48. The molecule has 0 aliphatic carbocycles. The van der Waals surface area contributed by atoms with E-state index in [9.17, 15) is 0 Å². The lowest BCUT2D eigenvalue weighted by Gasteiger charge is -2.22. The van der Waals surface area contributed by atoms with Crippen LogP contribution in [0.4, 0.5) is 5.69 Å². The zero-order valence-electron chi connectivity index (χ0n) is 15.5. The van der Waals surface area contributed by atoms with Crippen molar-refractivity contribution < 1.29 is 0 Å². The summed E-state index contributed by atoms with van der Waals surface area (Å²) >= 11 is 5.48. The van der Waals surface area contributed by atoms with Crippen molar-refractivity contribution in [2.45, 2.75) is 53.0 Å². The summed E-state index contributed by atoms with van der Waals surface area (Å²) in [4.78, 5) is 0. The molecular weight excluding hydrogens is 312 g/mol. The molecule has 0 bridgehead atoms. The average molecular weight is 341 g/mol. The van der Waals surface area contributed by atoms with E-state index in [1.165, 1.54) is 22.3 Å². The normalized spacial score (nSPS) is 12.6. The fraction of sp³-hybridized carbons (Fsp3) is 0.381. The quantitative estimate of drug-likeness (QED) is 0.706. The SMILES string of the molecule is Cc1ccc(C)c(NC(=S)N[C@@H](C)c2ccc(C(C)(C)C)cc2)c1. The minimum Gasteiger partial charge on any atom is -0.356 e. The molecule has 2 nitrogen and oxygen atoms in total. The molecule has 0 saturated carbocycles. The Balaban J connectivity index is 2.02. The van der Waals surface area contributed by atoms with Crippen molar-refractivity contribution in [2.24, 2.45) is 0 Å². The van der Waals surface area contributed by atoms with Crippen molar-refractivity contribution >= 4 is 23.0 Å². The highest BCUT2D eigenvalue weighted by Gasteiger charge is 2.14. The van der Waals surface area contributed by atoms with E-state index >= 15 is 0 Å². The van der Waals surface area contributed by atoms with Crippen LogP contribution in [-0.2, 0) is 5.41 Å². The molecule has 0 unspecified atom stereocenters. The van der Waals surface area contributed by atoms with Crippen LogP contribution >= 0.6 is 12.2 Å². The molecular formula is C21H28N2S. The zero-order chi connectivity index (χ0) is 17.9. The number of hydrogen-bond acceptors (Lipinski definition) is 1. The van der Waals surface area contributed by atoms with Crippen molar-refractivity contribution in [3.63, 3.8) is 0 Å². The van der Waals surface area contributed by atoms with Crippen LogP contribution in [0.25, 0.3) is 0 Å². The van der Waals surface area contributed by atoms with Crippen LogP contribution in [0.15, 0.2) is 42.5 Å². The summed E-state index contributed by atoms with van der Waals surface area (Å²) < 4.78 is 0. The van der Waals surface area contributed by atoms with Crippen molar-refractivity contribution in [1.82, 2.24) is 5.32 Å². The predicted molar refractivity (Wildman–Crippen MR) is 109 cm³/mol. The van der Waals surface area contributed by atoms with Gasteiger partial charge in [-0.15, -0.1) is 0 Å². The lowest BCUT2D eigenvalue weighted by atomic mass is 9.86. The van der Waals surface area contributed by atoms with Gasteiger partial charge in [0.25, 0.3) is 0 Å². The van der Waals surface area contributed by atoms with Crippen LogP contribution in [0.1, 0.15) is 56.0 Å². The Kier molecular flexibility index (Phi) is 5.66. The second-order valence-corrected chi connectivity index (χ2v) is 7.92. The first-order valence-corrected chi connectivity index (χ1v) is 8.83. The van der Waals surface area contributed by atoms with Gasteiger partial charge in [-0.05, 0) is 66.7 Å². The van der Waals surface area contributed by atoms with E-state index in [0.717, 1.165) is 5.69 Å². The number of anilines is 1. The average Bonchev–Trinajstić information content (AvgIpc) is 2.50. The number of rotatable bonds is 3. The maximum Gasteiger partial charge on any atom is 0.171 e. The Bertz CT molecular complexity index is 712. The highest BCUT2D eigenvalue weighted by Crippen LogP contribution is 2.24. The Hall–Kier alpha value is -1.87. The second kappa shape index (κ2) is 7.35. The van der Waals surface area contributed by atoms with Crippen LogP contribution < -0.4 is 10.6 Å². The smallest absolute Gasteiger partial charge is 0.171 e. The summed E-state index contributed by atoms with van der Waals surface area (Å²) in [5.41, 5.74) is 6.21. The molecule has 0 aromatic heterocycles. The molecule has 1 atom stereocenters. The van der Waals surface area contributed by atoms with Gasteiger partial charge in [0.15, 0.2) is 5.11 Å². The number of thiocarbonyl (C=S) groups is 1. The van der Waals surface area contributed by atoms with Crippen LogP contribution in [0.3, 0.4) is 0 Å². The van der Waals surface area contributed by atoms with Gasteiger partial charge in [0.2, 0.25) is 0 Å². The molecule has 24 heavy (non-hydrogen) atoms. The predicted octanol–water partition coefficient (Wildman–Crippen LogP) is 5.65. The molecule has 0 radical (unpaired) electrons. The minimum atomic E-state index is 0.157. The molecule has 2 aromatic rings. The Morgan fingerprint density at radius 1 is 1.00 bits per heavy atom. The Morgan fingerprint density at radius 2 is 1.62 bits per heavy atom. The molecule has 2 rings (SSSR count). The standard InChI is InChI=1S/C21H28N2S/c1-14-7-8-15(2)19(13-14)23-20(24)22-16(3)17-9-11-18(12-10-17)21(4,5)6/h7-13,16H,1-6H3,(H2,22,23,24)/t16-/m0/s1. The molecule has 0 saturated heterocycles. The molecule has 2 aromatic carbocycles. The minimum absolute atomic E-state index is 0.157. The lowest BCUT2D eigenvalue weighted by molar-refractivity contribution is 0.589. The van der Waals surface area contributed by atoms with Gasteiger partial charge in [0.1, 0.15) is 0 Å². The van der Waals surface area contributed by atoms with E-state index in [-0.39, 0.29) is 11.5 Å². The molecule has 2 N–H and O–H groups in total. The summed E-state index contributed by atoms with van der Waals surface area (Å²) in [7, 11) is 0. The van der Waals surface area contributed by atoms with E-state index in [4.69, 9.17) is 12.2 Å². The highest BCUT2D eigenvalue weighted by molar-refractivity contribution is 7.80. The van der Waals surface area contributed by atoms with Gasteiger partial charge >= 0.3 is 0 Å². The topological polar surface area (TPSA) is 24.1 Å². The molecule has 0 aliphatic heterocycles. The Morgan fingerprint density at radius 3 is 2.21 bits per heavy atom. The summed E-state index contributed by atoms with van der Waals surface area (Å²) in [6, 6.07) is 15.3. The Labute approximate surface area is 151 Å². The first kappa shape index (κ1) is 18.5. The van der Waals surface area contributed by atoms with E-state index in [1.54, 1.807) is 0 Å². The number of aryl methyl sites for hydroxylation is 2. The van der Waals surface area contributed by atoms with Crippen molar-refractivity contribution in [1.29, 1.82) is 0 Å². The van der Waals surface area contributed by atoms with Gasteiger partial charge in [-0.25, -0.2) is 0 Å². The fourth-order valence-corrected chi connectivity index (χ4v) is 2.87. The van der Waals surface area contributed by atoms with E-state index in [0.29, 0.717) is 5.11 Å². The third kappa shape index (κ3) is 4.81. The molecule has 0 spiro atoms. The van der Waals surface area contributed by atoms with E-state index in [1.807, 2.05) is 0 Å². The van der Waals surface area contributed by atoms with Crippen LogP contribution in [0, 0.1) is 13.8 Å². The van der Waals surface area contributed by atoms with Gasteiger partial charge in [0.05, 0.1) is 6.04 Å². The maximum absolute atomic E-state index is 5.48. The first-order valence-electron chi connectivity index (χ1n) is 8.42. The van der Waals surface area contributed by atoms with E-state index in [2.05, 4.69) is 94.6 Å². The van der Waals surface area contributed by atoms with Crippen molar-refractivity contribution in [3.05, 3.63) is 64.7 Å². The molecule has 0 aliphatic rings. The fourth-order valence-electron chi connectivity index (χ4n) is 2.58. The third-order valence-electron chi connectivity index (χ3n) is 4.27. The summed E-state index contributed by atoms with van der Waals surface area (Å²) in [6.45, 7) is 13.0.